The third-order valence-electron chi connectivity index (χ3n) is 4.58. The first-order valence-electron chi connectivity index (χ1n) is 8.39. The van der Waals surface area contributed by atoms with Crippen molar-refractivity contribution in [3.63, 3.8) is 0 Å². The van der Waals surface area contributed by atoms with E-state index in [0.29, 0.717) is 31.7 Å². The maximum Gasteiger partial charge on any atom is 0.253 e. The molecule has 25 heavy (non-hydrogen) atoms. The van der Waals surface area contributed by atoms with E-state index in [1.165, 1.54) is 10.4 Å². The molecule has 134 valence electrons. The molecule has 0 saturated carbocycles. The average molecular weight is 380 g/mol. The Morgan fingerprint density at radius 2 is 2.00 bits per heavy atom. The molecule has 3 rings (SSSR count). The molecular formula is C17H21N3O3S2. The highest BCUT2D eigenvalue weighted by molar-refractivity contribution is 7.99. The fraction of sp³-hybridized carbons (Fsp3) is 0.529. The van der Waals surface area contributed by atoms with E-state index >= 15 is 0 Å². The maximum atomic E-state index is 12.8. The molecule has 0 spiro atoms. The van der Waals surface area contributed by atoms with Gasteiger partial charge < -0.3 is 4.90 Å². The summed E-state index contributed by atoms with van der Waals surface area (Å²) in [6.45, 7) is 2.02. The van der Waals surface area contributed by atoms with Crippen molar-refractivity contribution in [1.29, 1.82) is 5.26 Å². The Morgan fingerprint density at radius 3 is 2.72 bits per heavy atom. The van der Waals surface area contributed by atoms with E-state index in [2.05, 4.69) is 6.07 Å². The number of benzene rings is 1. The summed E-state index contributed by atoms with van der Waals surface area (Å²) in [5.74, 6) is 1.24. The molecule has 0 bridgehead atoms. The fourth-order valence-corrected chi connectivity index (χ4v) is 5.80. The summed E-state index contributed by atoms with van der Waals surface area (Å²) >= 11 is 1.75. The second-order valence-corrected chi connectivity index (χ2v) is 9.43. The lowest BCUT2D eigenvalue weighted by molar-refractivity contribution is 0.0698. The lowest BCUT2D eigenvalue weighted by Gasteiger charge is -2.30. The van der Waals surface area contributed by atoms with Crippen molar-refractivity contribution >= 4 is 27.7 Å². The van der Waals surface area contributed by atoms with Crippen LogP contribution in [0.1, 0.15) is 23.2 Å². The second kappa shape index (κ2) is 7.77. The number of thioether (sulfide) groups is 1. The van der Waals surface area contributed by atoms with Gasteiger partial charge in [-0.25, -0.2) is 8.42 Å². The number of hydrogen-bond acceptors (Lipinski definition) is 5. The lowest BCUT2D eigenvalue weighted by atomic mass is 9.99. The van der Waals surface area contributed by atoms with Crippen LogP contribution in [0.4, 0.5) is 0 Å². The number of carbonyl (C=O) groups is 1. The minimum atomic E-state index is -3.57. The summed E-state index contributed by atoms with van der Waals surface area (Å²) < 4.78 is 27.1. The monoisotopic (exact) mass is 379 g/mol. The van der Waals surface area contributed by atoms with Crippen LogP contribution in [-0.4, -0.2) is 61.2 Å². The van der Waals surface area contributed by atoms with Crippen molar-refractivity contribution in [2.24, 2.45) is 5.92 Å². The van der Waals surface area contributed by atoms with Gasteiger partial charge in [0, 0.05) is 43.2 Å². The van der Waals surface area contributed by atoms with Crippen LogP contribution in [0.3, 0.4) is 0 Å². The molecule has 1 aromatic rings. The van der Waals surface area contributed by atoms with Crippen molar-refractivity contribution in [2.75, 3.05) is 37.7 Å². The summed E-state index contributed by atoms with van der Waals surface area (Å²) in [6, 6.07) is 8.49. The van der Waals surface area contributed by atoms with Crippen molar-refractivity contribution in [3.05, 3.63) is 29.8 Å². The first-order valence-corrected chi connectivity index (χ1v) is 11.0. The standard InChI is InChI=1S/C17H21N3O3S2/c18-12-14-3-2-6-19(13-14)17(21)15-4-1-5-16(11-15)25(22,23)20-7-9-24-10-8-20/h1,4-5,11,14H,2-3,6-10,13H2. The van der Waals surface area contributed by atoms with Crippen LogP contribution in [0.15, 0.2) is 29.2 Å². The number of nitriles is 1. The van der Waals surface area contributed by atoms with Gasteiger partial charge in [0.25, 0.3) is 5.91 Å². The van der Waals surface area contributed by atoms with Gasteiger partial charge in [0.2, 0.25) is 10.0 Å². The highest BCUT2D eigenvalue weighted by atomic mass is 32.2. The Hall–Kier alpha value is -1.56. The Bertz CT molecular complexity index is 783. The summed E-state index contributed by atoms with van der Waals surface area (Å²) in [5.41, 5.74) is 0.367. The van der Waals surface area contributed by atoms with Gasteiger partial charge in [-0.15, -0.1) is 0 Å². The summed E-state index contributed by atoms with van der Waals surface area (Å²) in [6.07, 6.45) is 1.61. The van der Waals surface area contributed by atoms with Crippen molar-refractivity contribution in [3.8, 4) is 6.07 Å². The maximum absolute atomic E-state index is 12.8. The number of likely N-dealkylation sites (tertiary alicyclic amines) is 1. The molecular weight excluding hydrogens is 358 g/mol. The van der Waals surface area contributed by atoms with Gasteiger partial charge in [0.15, 0.2) is 0 Å². The Labute approximate surface area is 152 Å². The van der Waals surface area contributed by atoms with Gasteiger partial charge in [-0.2, -0.15) is 21.3 Å². The smallest absolute Gasteiger partial charge is 0.253 e. The molecule has 0 aromatic heterocycles. The zero-order chi connectivity index (χ0) is 17.9. The van der Waals surface area contributed by atoms with Crippen LogP contribution in [-0.2, 0) is 10.0 Å². The Morgan fingerprint density at radius 1 is 1.24 bits per heavy atom. The van der Waals surface area contributed by atoms with Crippen LogP contribution in [0.5, 0.6) is 0 Å². The third-order valence-corrected chi connectivity index (χ3v) is 7.42. The summed E-state index contributed by atoms with van der Waals surface area (Å²) in [7, 11) is -3.57. The largest absolute Gasteiger partial charge is 0.337 e. The van der Waals surface area contributed by atoms with Crippen LogP contribution in [0.2, 0.25) is 0 Å². The van der Waals surface area contributed by atoms with E-state index in [0.717, 1.165) is 24.3 Å². The first kappa shape index (κ1) is 18.2. The number of hydrogen-bond donors (Lipinski definition) is 0. The van der Waals surface area contributed by atoms with E-state index in [4.69, 9.17) is 5.26 Å². The number of amides is 1. The zero-order valence-corrected chi connectivity index (χ0v) is 15.6. The fourth-order valence-electron chi connectivity index (χ4n) is 3.18. The van der Waals surface area contributed by atoms with E-state index in [1.54, 1.807) is 34.9 Å². The van der Waals surface area contributed by atoms with Crippen LogP contribution < -0.4 is 0 Å². The normalized spacial score (nSPS) is 22.4. The molecule has 1 aromatic carbocycles. The van der Waals surface area contributed by atoms with Gasteiger partial charge >= 0.3 is 0 Å². The molecule has 0 aliphatic carbocycles. The first-order chi connectivity index (χ1) is 12.0. The minimum absolute atomic E-state index is 0.143. The predicted octanol–water partition coefficient (Wildman–Crippen LogP) is 1.80. The van der Waals surface area contributed by atoms with Gasteiger partial charge in [0.05, 0.1) is 16.9 Å². The van der Waals surface area contributed by atoms with E-state index in [1.807, 2.05) is 0 Å². The number of piperidine rings is 1. The lowest BCUT2D eigenvalue weighted by Crippen LogP contribution is -2.40. The molecule has 8 heteroatoms. The van der Waals surface area contributed by atoms with Gasteiger partial charge in [-0.05, 0) is 31.0 Å². The molecule has 0 radical (unpaired) electrons. The molecule has 2 aliphatic heterocycles. The molecule has 2 fully saturated rings. The summed E-state index contributed by atoms with van der Waals surface area (Å²) in [5, 5.41) is 9.08. The molecule has 1 unspecified atom stereocenters. The predicted molar refractivity (Wildman–Crippen MR) is 96.8 cm³/mol. The highest BCUT2D eigenvalue weighted by Gasteiger charge is 2.28. The summed E-state index contributed by atoms with van der Waals surface area (Å²) in [4.78, 5) is 14.5. The number of nitrogens with zero attached hydrogens (tertiary/aromatic N) is 3. The van der Waals surface area contributed by atoms with Crippen LogP contribution in [0, 0.1) is 17.2 Å². The van der Waals surface area contributed by atoms with Crippen molar-refractivity contribution in [1.82, 2.24) is 9.21 Å². The molecule has 1 atom stereocenters. The highest BCUT2D eigenvalue weighted by Crippen LogP contribution is 2.23. The molecule has 2 aliphatic rings. The van der Waals surface area contributed by atoms with Crippen LogP contribution >= 0.6 is 11.8 Å². The van der Waals surface area contributed by atoms with Crippen molar-refractivity contribution in [2.45, 2.75) is 17.7 Å². The minimum Gasteiger partial charge on any atom is -0.337 e. The van der Waals surface area contributed by atoms with E-state index < -0.39 is 10.0 Å². The van der Waals surface area contributed by atoms with E-state index in [9.17, 15) is 13.2 Å². The molecule has 2 saturated heterocycles. The van der Waals surface area contributed by atoms with Crippen molar-refractivity contribution < 1.29 is 13.2 Å². The zero-order valence-electron chi connectivity index (χ0n) is 13.9. The molecule has 1 amide bonds. The van der Waals surface area contributed by atoms with Gasteiger partial charge in [-0.1, -0.05) is 6.07 Å². The Balaban J connectivity index is 1.81. The molecule has 2 heterocycles. The quantitative estimate of drug-likeness (QED) is 0.800. The van der Waals surface area contributed by atoms with Gasteiger partial charge in [-0.3, -0.25) is 4.79 Å². The average Bonchev–Trinajstić information content (AvgIpc) is 2.68. The molecule has 0 N–H and O–H groups in total. The number of rotatable bonds is 3. The second-order valence-electron chi connectivity index (χ2n) is 6.26. The number of carbonyl (C=O) groups excluding carboxylic acids is 1. The van der Waals surface area contributed by atoms with Crippen LogP contribution in [0.25, 0.3) is 0 Å². The molecule has 6 nitrogen and oxygen atoms in total. The topological polar surface area (TPSA) is 81.5 Å². The van der Waals surface area contributed by atoms with Gasteiger partial charge in [0.1, 0.15) is 0 Å². The Kier molecular flexibility index (Phi) is 5.67. The third kappa shape index (κ3) is 4.00. The SMILES string of the molecule is N#CC1CCCN(C(=O)c2cccc(S(=O)(=O)N3CCSCC3)c2)C1. The van der Waals surface area contributed by atoms with E-state index in [-0.39, 0.29) is 16.7 Å². The number of sulfonamides is 1.